The fourth-order valence-electron chi connectivity index (χ4n) is 2.04. The van der Waals surface area contributed by atoms with Gasteiger partial charge in [-0.1, -0.05) is 25.5 Å². The van der Waals surface area contributed by atoms with E-state index in [1.807, 2.05) is 6.92 Å². The molecule has 0 unspecified atom stereocenters. The minimum atomic E-state index is -3.60. The summed E-state index contributed by atoms with van der Waals surface area (Å²) in [5, 5.41) is 2.44. The van der Waals surface area contributed by atoms with E-state index in [1.54, 1.807) is 12.1 Å². The second-order valence-electron chi connectivity index (χ2n) is 5.71. The number of benzene rings is 1. The van der Waals surface area contributed by atoms with Gasteiger partial charge in [-0.3, -0.25) is 9.59 Å². The summed E-state index contributed by atoms with van der Waals surface area (Å²) in [6.07, 6.45) is 1.17. The van der Waals surface area contributed by atoms with E-state index in [2.05, 4.69) is 14.8 Å². The van der Waals surface area contributed by atoms with Crippen molar-refractivity contribution in [2.75, 3.05) is 24.8 Å². The Hall–Kier alpha value is -2.46. The fraction of sp³-hybridized carbons (Fsp3) is 0.471. The number of hydrogen-bond donors (Lipinski definition) is 2. The number of nitrogens with one attached hydrogen (secondary N) is 2. The zero-order valence-corrected chi connectivity index (χ0v) is 16.3. The van der Waals surface area contributed by atoms with Crippen molar-refractivity contribution in [2.24, 2.45) is 0 Å². The van der Waals surface area contributed by atoms with Gasteiger partial charge in [-0.05, 0) is 25.5 Å². The van der Waals surface area contributed by atoms with Crippen molar-refractivity contribution in [3.63, 3.8) is 0 Å². The lowest BCUT2D eigenvalue weighted by atomic mass is 10.2. The molecule has 1 amide bonds. The Morgan fingerprint density at radius 1 is 1.19 bits per heavy atom. The number of ether oxygens (including phenoxy) is 2. The number of rotatable bonds is 10. The third kappa shape index (κ3) is 7.75. The number of para-hydroxylation sites is 1. The molecule has 27 heavy (non-hydrogen) atoms. The number of methoxy groups -OCH3 is 1. The van der Waals surface area contributed by atoms with Crippen LogP contribution in [0.1, 0.15) is 37.0 Å². The highest BCUT2D eigenvalue weighted by atomic mass is 32.2. The molecule has 0 saturated heterocycles. The molecule has 1 aromatic rings. The Balaban J connectivity index is 2.57. The van der Waals surface area contributed by atoms with Gasteiger partial charge in [-0.2, -0.15) is 0 Å². The summed E-state index contributed by atoms with van der Waals surface area (Å²) in [5.74, 6) is -2.28. The summed E-state index contributed by atoms with van der Waals surface area (Å²) < 4.78 is 35.2. The highest BCUT2D eigenvalue weighted by Gasteiger charge is 2.22. The van der Waals surface area contributed by atoms with Gasteiger partial charge >= 0.3 is 11.9 Å². The van der Waals surface area contributed by atoms with Gasteiger partial charge in [-0.25, -0.2) is 17.9 Å². The van der Waals surface area contributed by atoms with Crippen LogP contribution in [0.25, 0.3) is 0 Å². The minimum Gasteiger partial charge on any atom is -0.465 e. The molecule has 0 radical (unpaired) electrons. The van der Waals surface area contributed by atoms with Gasteiger partial charge in [0.1, 0.15) is 6.04 Å². The standard InChI is InChI=1S/C17H24N2O7S/c1-4-5-10-27(23,24)19-12(2)16(21)26-11-15(20)18-14-9-7-6-8-13(14)17(22)25-3/h6-9,12,19H,4-5,10-11H2,1-3H3,(H,18,20)/t12-/m0/s1. The molecule has 1 rings (SSSR count). The SMILES string of the molecule is CCCCS(=O)(=O)N[C@@H](C)C(=O)OCC(=O)Nc1ccccc1C(=O)OC. The molecular formula is C17H24N2O7S. The van der Waals surface area contributed by atoms with Crippen LogP contribution in [-0.4, -0.2) is 51.8 Å². The van der Waals surface area contributed by atoms with Crippen LogP contribution in [0.5, 0.6) is 0 Å². The minimum absolute atomic E-state index is 0.0914. The summed E-state index contributed by atoms with van der Waals surface area (Å²) in [6, 6.07) is 5.06. The molecule has 0 aliphatic heterocycles. The zero-order chi connectivity index (χ0) is 20.4. The van der Waals surface area contributed by atoms with Crippen LogP contribution in [0, 0.1) is 0 Å². The topological polar surface area (TPSA) is 128 Å². The second-order valence-corrected chi connectivity index (χ2v) is 7.58. The summed E-state index contributed by atoms with van der Waals surface area (Å²) >= 11 is 0. The number of sulfonamides is 1. The second kappa shape index (κ2) is 10.6. The van der Waals surface area contributed by atoms with Crippen LogP contribution >= 0.6 is 0 Å². The predicted octanol–water partition coefficient (Wildman–Crippen LogP) is 1.06. The van der Waals surface area contributed by atoms with Crippen molar-refractivity contribution in [3.05, 3.63) is 29.8 Å². The maximum Gasteiger partial charge on any atom is 0.339 e. The Bertz CT molecular complexity index is 777. The normalized spacial score (nSPS) is 12.1. The zero-order valence-electron chi connectivity index (χ0n) is 15.5. The van der Waals surface area contributed by atoms with E-state index < -0.39 is 40.5 Å². The molecule has 2 N–H and O–H groups in total. The average Bonchev–Trinajstić information content (AvgIpc) is 2.63. The first-order chi connectivity index (χ1) is 12.7. The first-order valence-corrected chi connectivity index (χ1v) is 9.99. The Morgan fingerprint density at radius 3 is 2.48 bits per heavy atom. The van der Waals surface area contributed by atoms with Crippen molar-refractivity contribution < 1.29 is 32.3 Å². The largest absolute Gasteiger partial charge is 0.465 e. The number of amides is 1. The monoisotopic (exact) mass is 400 g/mol. The maximum absolute atomic E-state index is 12.0. The van der Waals surface area contributed by atoms with Gasteiger partial charge in [0.2, 0.25) is 10.0 Å². The van der Waals surface area contributed by atoms with Crippen molar-refractivity contribution >= 4 is 33.6 Å². The van der Waals surface area contributed by atoms with Crippen LogP contribution in [0.15, 0.2) is 24.3 Å². The summed E-state index contributed by atoms with van der Waals surface area (Å²) in [5.41, 5.74) is 0.357. The van der Waals surface area contributed by atoms with E-state index in [0.717, 1.165) is 0 Å². The lowest BCUT2D eigenvalue weighted by molar-refractivity contribution is -0.148. The lowest BCUT2D eigenvalue weighted by Gasteiger charge is -2.14. The molecule has 0 spiro atoms. The van der Waals surface area contributed by atoms with E-state index in [1.165, 1.54) is 26.2 Å². The van der Waals surface area contributed by atoms with Gasteiger partial charge in [0, 0.05) is 0 Å². The fourth-order valence-corrected chi connectivity index (χ4v) is 3.46. The van der Waals surface area contributed by atoms with Gasteiger partial charge in [0.25, 0.3) is 5.91 Å². The van der Waals surface area contributed by atoms with Gasteiger partial charge in [-0.15, -0.1) is 0 Å². The third-order valence-corrected chi connectivity index (χ3v) is 4.97. The molecule has 0 heterocycles. The van der Waals surface area contributed by atoms with Crippen molar-refractivity contribution in [1.29, 1.82) is 0 Å². The molecular weight excluding hydrogens is 376 g/mol. The average molecular weight is 400 g/mol. The molecule has 10 heteroatoms. The van der Waals surface area contributed by atoms with E-state index in [0.29, 0.717) is 12.8 Å². The Morgan fingerprint density at radius 2 is 1.85 bits per heavy atom. The highest BCUT2D eigenvalue weighted by Crippen LogP contribution is 2.15. The summed E-state index contributed by atoms with van der Waals surface area (Å²) in [6.45, 7) is 2.55. The highest BCUT2D eigenvalue weighted by molar-refractivity contribution is 7.89. The van der Waals surface area contributed by atoms with Crippen molar-refractivity contribution in [1.82, 2.24) is 4.72 Å². The number of anilines is 1. The van der Waals surface area contributed by atoms with Gasteiger partial charge in [0.15, 0.2) is 6.61 Å². The number of esters is 2. The molecule has 0 aliphatic carbocycles. The number of carbonyl (C=O) groups is 3. The first-order valence-electron chi connectivity index (χ1n) is 8.34. The quantitative estimate of drug-likeness (QED) is 0.562. The molecule has 1 aromatic carbocycles. The number of carbonyl (C=O) groups excluding carboxylic acids is 3. The molecule has 150 valence electrons. The van der Waals surface area contributed by atoms with E-state index >= 15 is 0 Å². The number of hydrogen-bond acceptors (Lipinski definition) is 7. The molecule has 1 atom stereocenters. The molecule has 9 nitrogen and oxygen atoms in total. The van der Waals surface area contributed by atoms with E-state index in [-0.39, 0.29) is 17.0 Å². The molecule has 0 aliphatic rings. The predicted molar refractivity (Wildman–Crippen MR) is 98.7 cm³/mol. The Kier molecular flexibility index (Phi) is 8.89. The summed E-state index contributed by atoms with van der Waals surface area (Å²) in [4.78, 5) is 35.5. The lowest BCUT2D eigenvalue weighted by Crippen LogP contribution is -2.41. The molecule has 0 fully saturated rings. The molecule has 0 aromatic heterocycles. The van der Waals surface area contributed by atoms with E-state index in [9.17, 15) is 22.8 Å². The van der Waals surface area contributed by atoms with Gasteiger partial charge < -0.3 is 14.8 Å². The van der Waals surface area contributed by atoms with E-state index in [4.69, 9.17) is 4.74 Å². The van der Waals surface area contributed by atoms with Crippen LogP contribution in [-0.2, 0) is 29.1 Å². The van der Waals surface area contributed by atoms with Crippen molar-refractivity contribution in [3.8, 4) is 0 Å². The van der Waals surface area contributed by atoms with Crippen molar-refractivity contribution in [2.45, 2.75) is 32.7 Å². The molecule has 0 bridgehead atoms. The Labute approximate surface area is 158 Å². The summed E-state index contributed by atoms with van der Waals surface area (Å²) in [7, 11) is -2.38. The van der Waals surface area contributed by atoms with Crippen LogP contribution in [0.3, 0.4) is 0 Å². The first kappa shape index (κ1) is 22.6. The molecule has 0 saturated carbocycles. The maximum atomic E-state index is 12.0. The van der Waals surface area contributed by atoms with Crippen LogP contribution < -0.4 is 10.0 Å². The van der Waals surface area contributed by atoms with Gasteiger partial charge in [0.05, 0.1) is 24.1 Å². The third-order valence-electron chi connectivity index (χ3n) is 3.43. The number of unbranched alkanes of at least 4 members (excludes halogenated alkanes) is 1. The van der Waals surface area contributed by atoms with Crippen LogP contribution in [0.2, 0.25) is 0 Å². The smallest absolute Gasteiger partial charge is 0.339 e. The van der Waals surface area contributed by atoms with Crippen LogP contribution in [0.4, 0.5) is 5.69 Å².